The minimum atomic E-state index is -0.691. The number of aromatic nitrogens is 4. The molecule has 3 amide bonds. The quantitative estimate of drug-likeness (QED) is 0.0881. The van der Waals surface area contributed by atoms with E-state index in [2.05, 4.69) is 86.6 Å². The highest BCUT2D eigenvalue weighted by Crippen LogP contribution is 2.35. The van der Waals surface area contributed by atoms with Crippen LogP contribution >= 0.6 is 0 Å². The Kier molecular flexibility index (Phi) is 11.3. The van der Waals surface area contributed by atoms with Gasteiger partial charge in [-0.15, -0.1) is 0 Å². The van der Waals surface area contributed by atoms with Gasteiger partial charge in [0.05, 0.1) is 54.4 Å². The Morgan fingerprint density at radius 1 is 0.700 bits per heavy atom. The first kappa shape index (κ1) is 40.5. The molecule has 60 heavy (non-hydrogen) atoms. The Hall–Kier alpha value is -6.28. The molecule has 312 valence electrons. The normalized spacial score (nSPS) is 19.0. The van der Waals surface area contributed by atoms with Gasteiger partial charge in [0.2, 0.25) is 5.91 Å². The Labute approximate surface area is 348 Å². The number of hydrogen-bond acceptors (Lipinski definition) is 9. The van der Waals surface area contributed by atoms with Gasteiger partial charge in [-0.25, -0.2) is 19.6 Å². The number of benzene rings is 4. The zero-order valence-electron chi connectivity index (χ0n) is 34.8. The third-order valence-electron chi connectivity index (χ3n) is 12.0. The first-order valence-corrected chi connectivity index (χ1v) is 20.7. The summed E-state index contributed by atoms with van der Waals surface area (Å²) >= 11 is 0. The summed E-state index contributed by atoms with van der Waals surface area (Å²) in [5, 5.41) is 11.1. The minimum absolute atomic E-state index is 0.00393. The number of aromatic amines is 2. The van der Waals surface area contributed by atoms with Crippen molar-refractivity contribution in [2.45, 2.75) is 71.1 Å². The molecule has 6 aromatic rings. The number of ketones is 1. The van der Waals surface area contributed by atoms with Crippen molar-refractivity contribution in [3.8, 4) is 22.3 Å². The predicted molar refractivity (Wildman–Crippen MR) is 230 cm³/mol. The van der Waals surface area contributed by atoms with Crippen molar-refractivity contribution in [2.75, 3.05) is 27.3 Å². The number of hydrogen-bond donors (Lipinski definition) is 5. The van der Waals surface area contributed by atoms with Crippen LogP contribution in [0.1, 0.15) is 70.7 Å². The fourth-order valence-electron chi connectivity index (χ4n) is 8.71. The van der Waals surface area contributed by atoms with E-state index in [0.29, 0.717) is 19.5 Å². The van der Waals surface area contributed by atoms with E-state index >= 15 is 0 Å². The van der Waals surface area contributed by atoms with Gasteiger partial charge in [-0.3, -0.25) is 9.59 Å². The second-order valence-corrected chi connectivity index (χ2v) is 16.7. The van der Waals surface area contributed by atoms with Gasteiger partial charge in [-0.2, -0.15) is 0 Å². The number of fused-ring (bicyclic) bond motifs is 3. The first-order valence-electron chi connectivity index (χ1n) is 20.7. The fourth-order valence-corrected chi connectivity index (χ4v) is 8.71. The molecule has 2 saturated heterocycles. The topological polar surface area (TPSA) is 183 Å². The largest absolute Gasteiger partial charge is 0.453 e. The minimum Gasteiger partial charge on any atom is -0.453 e. The Morgan fingerprint density at radius 3 is 1.78 bits per heavy atom. The standard InChI is InChI=1S/C46H52N8O6/c1-24(2)39(52-45(57)59-5)41(55)32-22-37(47-23-32)42-48-33-15-13-30(20-35(33)50-42)28-11-9-27-19-29(12-10-26(27)18-28)31-14-16-34-36(21-31)51-43(49-34)38-8-7-17-54(38)44(56)40(25(3)4)53-46(58)60-6/h9-16,18-21,24-25,32,37-40,47H,7-8,17,22-23H2,1-6H3,(H,48,50)(H,49,51)(H,52,57)(H,53,58). The van der Waals surface area contributed by atoms with Crippen molar-refractivity contribution in [3.63, 3.8) is 0 Å². The Bertz CT molecular complexity index is 2600. The summed E-state index contributed by atoms with van der Waals surface area (Å²) in [6.45, 7) is 8.75. The van der Waals surface area contributed by atoms with E-state index in [1.54, 1.807) is 0 Å². The molecule has 2 aromatic heterocycles. The first-order chi connectivity index (χ1) is 28.9. The highest BCUT2D eigenvalue weighted by molar-refractivity contribution is 5.94. The maximum atomic E-state index is 13.7. The third kappa shape index (κ3) is 8.03. The van der Waals surface area contributed by atoms with Crippen LogP contribution in [-0.4, -0.2) is 88.1 Å². The lowest BCUT2D eigenvalue weighted by molar-refractivity contribution is -0.135. The highest BCUT2D eigenvalue weighted by atomic mass is 16.5. The number of Topliss-reactive ketones (excluding diaryl/α,β-unsaturated/α-hetero) is 1. The van der Waals surface area contributed by atoms with Gasteiger partial charge in [0.15, 0.2) is 5.78 Å². The lowest BCUT2D eigenvalue weighted by Crippen LogP contribution is -2.51. The van der Waals surface area contributed by atoms with Gasteiger partial charge < -0.3 is 40.3 Å². The number of methoxy groups -OCH3 is 2. The van der Waals surface area contributed by atoms with Crippen LogP contribution in [0.25, 0.3) is 55.1 Å². The van der Waals surface area contributed by atoms with Crippen LogP contribution in [0.4, 0.5) is 9.59 Å². The number of nitrogens with one attached hydrogen (secondary N) is 5. The van der Waals surface area contributed by atoms with Gasteiger partial charge in [-0.1, -0.05) is 64.1 Å². The van der Waals surface area contributed by atoms with Crippen LogP contribution in [-0.2, 0) is 19.1 Å². The molecule has 2 fully saturated rings. The molecule has 14 nitrogen and oxygen atoms in total. The van der Waals surface area contributed by atoms with Crippen LogP contribution in [0.2, 0.25) is 0 Å². The van der Waals surface area contributed by atoms with Gasteiger partial charge in [0.1, 0.15) is 17.7 Å². The summed E-state index contributed by atoms with van der Waals surface area (Å²) in [7, 11) is 2.59. The van der Waals surface area contributed by atoms with E-state index in [1.165, 1.54) is 14.2 Å². The van der Waals surface area contributed by atoms with Crippen LogP contribution < -0.4 is 16.0 Å². The maximum Gasteiger partial charge on any atom is 0.407 e. The average Bonchev–Trinajstić information content (AvgIpc) is 4.08. The SMILES string of the molecule is COC(=O)NC(C(=O)C1CNC(c2nc3ccc(-c4ccc5cc(-c6ccc7nc(C8CCCN8C(=O)C(NC(=O)OC)C(C)C)[nH]c7c6)ccc5c4)cc3[nH]2)C1)C(C)C. The van der Waals surface area contributed by atoms with E-state index in [1.807, 2.05) is 44.7 Å². The molecule has 2 aliphatic heterocycles. The van der Waals surface area contributed by atoms with Gasteiger partial charge >= 0.3 is 12.2 Å². The summed E-state index contributed by atoms with van der Waals surface area (Å²) in [4.78, 5) is 69.6. The van der Waals surface area contributed by atoms with Crippen molar-refractivity contribution in [3.05, 3.63) is 84.4 Å². The van der Waals surface area contributed by atoms with Crippen molar-refractivity contribution in [1.82, 2.24) is 40.8 Å². The van der Waals surface area contributed by atoms with E-state index in [-0.39, 0.29) is 41.5 Å². The molecule has 0 saturated carbocycles. The number of likely N-dealkylation sites (tertiary alicyclic amines) is 1. The van der Waals surface area contributed by atoms with E-state index in [0.717, 1.165) is 79.6 Å². The summed E-state index contributed by atoms with van der Waals surface area (Å²) in [6.07, 6.45) is 0.989. The number of ether oxygens (including phenoxy) is 2. The van der Waals surface area contributed by atoms with Gasteiger partial charge in [-0.05, 0) is 101 Å². The van der Waals surface area contributed by atoms with E-state index < -0.39 is 24.3 Å². The van der Waals surface area contributed by atoms with Crippen LogP contribution in [0.15, 0.2) is 72.8 Å². The molecule has 0 spiro atoms. The van der Waals surface area contributed by atoms with Gasteiger partial charge in [0, 0.05) is 19.0 Å². The molecular weight excluding hydrogens is 761 g/mol. The van der Waals surface area contributed by atoms with Crippen molar-refractivity contribution >= 4 is 56.7 Å². The average molecular weight is 813 g/mol. The molecule has 14 heteroatoms. The van der Waals surface area contributed by atoms with Crippen molar-refractivity contribution in [2.24, 2.45) is 17.8 Å². The number of imidazole rings is 2. The van der Waals surface area contributed by atoms with Crippen LogP contribution in [0.3, 0.4) is 0 Å². The zero-order valence-corrected chi connectivity index (χ0v) is 34.8. The molecule has 0 bridgehead atoms. The summed E-state index contributed by atoms with van der Waals surface area (Å²) < 4.78 is 9.53. The third-order valence-corrected chi connectivity index (χ3v) is 12.0. The molecule has 5 unspecified atom stereocenters. The van der Waals surface area contributed by atoms with Crippen molar-refractivity contribution in [1.29, 1.82) is 0 Å². The van der Waals surface area contributed by atoms with Crippen molar-refractivity contribution < 1.29 is 28.7 Å². The molecule has 0 radical (unpaired) electrons. The second-order valence-electron chi connectivity index (χ2n) is 16.7. The molecule has 4 heterocycles. The summed E-state index contributed by atoms with van der Waals surface area (Å²) in [5.74, 6) is 0.965. The maximum absolute atomic E-state index is 13.7. The molecular formula is C46H52N8O6. The number of carbonyl (C=O) groups excluding carboxylic acids is 4. The van der Waals surface area contributed by atoms with Crippen LogP contribution in [0.5, 0.6) is 0 Å². The number of carbonyl (C=O) groups is 4. The summed E-state index contributed by atoms with van der Waals surface area (Å²) in [5.41, 5.74) is 7.78. The molecule has 5 atom stereocenters. The number of alkyl carbamates (subject to hydrolysis) is 2. The number of nitrogens with zero attached hydrogens (tertiary/aromatic N) is 3. The smallest absolute Gasteiger partial charge is 0.407 e. The predicted octanol–water partition coefficient (Wildman–Crippen LogP) is 7.57. The molecule has 4 aromatic carbocycles. The van der Waals surface area contributed by atoms with Gasteiger partial charge in [0.25, 0.3) is 0 Å². The van der Waals surface area contributed by atoms with E-state index in [9.17, 15) is 19.2 Å². The summed E-state index contributed by atoms with van der Waals surface area (Å²) in [6, 6.07) is 23.7. The molecule has 2 aliphatic rings. The lowest BCUT2D eigenvalue weighted by atomic mass is 9.89. The van der Waals surface area contributed by atoms with E-state index in [4.69, 9.17) is 19.4 Å². The molecule has 8 rings (SSSR count). The lowest BCUT2D eigenvalue weighted by Gasteiger charge is -2.29. The second kappa shape index (κ2) is 16.8. The number of H-pyrrole nitrogens is 2. The monoisotopic (exact) mass is 812 g/mol. The fraction of sp³-hybridized carbons (Fsp3) is 0.391. The van der Waals surface area contributed by atoms with Crippen LogP contribution in [0, 0.1) is 17.8 Å². The molecule has 5 N–H and O–H groups in total. The highest BCUT2D eigenvalue weighted by Gasteiger charge is 2.39. The zero-order chi connectivity index (χ0) is 42.2. The molecule has 0 aliphatic carbocycles. The number of amides is 3. The number of rotatable bonds is 11. The Balaban J connectivity index is 0.966. The Morgan fingerprint density at radius 2 is 1.22 bits per heavy atom.